The molecule has 1 heterocycles. The first-order valence-corrected chi connectivity index (χ1v) is 6.92. The van der Waals surface area contributed by atoms with E-state index in [0.29, 0.717) is 12.2 Å². The minimum Gasteiger partial charge on any atom is -0.480 e. The summed E-state index contributed by atoms with van der Waals surface area (Å²) in [7, 11) is -0.974. The van der Waals surface area contributed by atoms with Gasteiger partial charge < -0.3 is 5.11 Å². The normalized spacial score (nSPS) is 27.1. The van der Waals surface area contributed by atoms with E-state index in [9.17, 15) is 13.2 Å². The van der Waals surface area contributed by atoms with Crippen LogP contribution in [0.3, 0.4) is 0 Å². The third-order valence-corrected chi connectivity index (χ3v) is 5.04. The monoisotopic (exact) mass is 254 g/mol. The standard InChI is InChI=1S/C7H14N2O4S2/c1-9(2)15(12,13)8-7(6(10)11)3-4-14-5-7/h8H,3-5H2,1-2H3,(H,10,11). The Labute approximate surface area is 93.2 Å². The molecule has 0 bridgehead atoms. The topological polar surface area (TPSA) is 86.7 Å². The second-order valence-electron chi connectivity index (χ2n) is 3.58. The molecule has 1 saturated heterocycles. The number of hydrogen-bond acceptors (Lipinski definition) is 4. The molecule has 88 valence electrons. The van der Waals surface area contributed by atoms with Crippen LogP contribution in [0.4, 0.5) is 0 Å². The van der Waals surface area contributed by atoms with Gasteiger partial charge in [-0.2, -0.15) is 29.2 Å². The van der Waals surface area contributed by atoms with E-state index in [1.165, 1.54) is 25.9 Å². The van der Waals surface area contributed by atoms with Crippen LogP contribution < -0.4 is 4.72 Å². The zero-order valence-electron chi connectivity index (χ0n) is 8.56. The Morgan fingerprint density at radius 2 is 2.13 bits per heavy atom. The molecule has 1 aliphatic rings. The zero-order valence-corrected chi connectivity index (χ0v) is 10.2. The Hall–Kier alpha value is -0.310. The summed E-state index contributed by atoms with van der Waals surface area (Å²) in [5, 5.41) is 9.05. The SMILES string of the molecule is CN(C)S(=O)(=O)NC1(C(=O)O)CCSC1. The van der Waals surface area contributed by atoms with Gasteiger partial charge >= 0.3 is 5.97 Å². The van der Waals surface area contributed by atoms with Crippen molar-refractivity contribution in [2.45, 2.75) is 12.0 Å². The number of aliphatic carboxylic acids is 1. The van der Waals surface area contributed by atoms with Crippen molar-refractivity contribution in [2.75, 3.05) is 25.6 Å². The van der Waals surface area contributed by atoms with E-state index in [1.807, 2.05) is 0 Å². The molecule has 0 saturated carbocycles. The maximum absolute atomic E-state index is 11.5. The predicted molar refractivity (Wildman–Crippen MR) is 58.1 cm³/mol. The van der Waals surface area contributed by atoms with Crippen molar-refractivity contribution in [1.82, 2.24) is 9.03 Å². The van der Waals surface area contributed by atoms with Crippen LogP contribution in [0.5, 0.6) is 0 Å². The molecule has 0 aliphatic carbocycles. The molecule has 0 amide bonds. The Balaban J connectivity index is 2.90. The van der Waals surface area contributed by atoms with Gasteiger partial charge in [0, 0.05) is 19.8 Å². The van der Waals surface area contributed by atoms with Gasteiger partial charge in [0.05, 0.1) is 0 Å². The summed E-state index contributed by atoms with van der Waals surface area (Å²) >= 11 is 1.44. The van der Waals surface area contributed by atoms with E-state index in [4.69, 9.17) is 5.11 Å². The third kappa shape index (κ3) is 2.63. The third-order valence-electron chi connectivity index (χ3n) is 2.24. The van der Waals surface area contributed by atoms with Gasteiger partial charge in [-0.1, -0.05) is 0 Å². The predicted octanol–water partition coefficient (Wildman–Crippen LogP) is -0.657. The van der Waals surface area contributed by atoms with Gasteiger partial charge in [0.25, 0.3) is 10.2 Å². The highest BCUT2D eigenvalue weighted by molar-refractivity contribution is 7.99. The average Bonchev–Trinajstić information content (AvgIpc) is 2.53. The van der Waals surface area contributed by atoms with Crippen molar-refractivity contribution < 1.29 is 18.3 Å². The highest BCUT2D eigenvalue weighted by Gasteiger charge is 2.45. The summed E-state index contributed by atoms with van der Waals surface area (Å²) in [5.74, 6) is -0.185. The van der Waals surface area contributed by atoms with Crippen LogP contribution in [-0.4, -0.2) is 54.9 Å². The van der Waals surface area contributed by atoms with Crippen LogP contribution in [0.15, 0.2) is 0 Å². The van der Waals surface area contributed by atoms with Crippen molar-refractivity contribution in [2.24, 2.45) is 0 Å². The highest BCUT2D eigenvalue weighted by atomic mass is 32.2. The molecule has 0 aromatic carbocycles. The van der Waals surface area contributed by atoms with Crippen molar-refractivity contribution >= 4 is 27.9 Å². The van der Waals surface area contributed by atoms with E-state index in [2.05, 4.69) is 4.72 Å². The molecule has 0 spiro atoms. The van der Waals surface area contributed by atoms with E-state index in [0.717, 1.165) is 4.31 Å². The van der Waals surface area contributed by atoms with Gasteiger partial charge in [0.1, 0.15) is 5.54 Å². The summed E-state index contributed by atoms with van der Waals surface area (Å²) in [4.78, 5) is 11.1. The van der Waals surface area contributed by atoms with E-state index < -0.39 is 21.7 Å². The molecule has 1 rings (SSSR count). The first kappa shape index (κ1) is 12.8. The van der Waals surface area contributed by atoms with Gasteiger partial charge in [0.2, 0.25) is 0 Å². The number of hydrogen-bond donors (Lipinski definition) is 2. The summed E-state index contributed by atoms with van der Waals surface area (Å²) in [6.07, 6.45) is 0.320. The Kier molecular flexibility index (Phi) is 3.64. The molecule has 0 radical (unpaired) electrons. The molecular formula is C7H14N2O4S2. The van der Waals surface area contributed by atoms with Crippen LogP contribution in [0.1, 0.15) is 6.42 Å². The molecule has 6 nitrogen and oxygen atoms in total. The van der Waals surface area contributed by atoms with Crippen molar-refractivity contribution in [3.8, 4) is 0 Å². The molecule has 1 unspecified atom stereocenters. The van der Waals surface area contributed by atoms with Gasteiger partial charge in [-0.25, -0.2) is 0 Å². The number of carboxylic acids is 1. The van der Waals surface area contributed by atoms with Crippen LogP contribution in [0.2, 0.25) is 0 Å². The lowest BCUT2D eigenvalue weighted by Gasteiger charge is -2.26. The lowest BCUT2D eigenvalue weighted by molar-refractivity contribution is -0.143. The van der Waals surface area contributed by atoms with Crippen LogP contribution in [0, 0.1) is 0 Å². The fraction of sp³-hybridized carbons (Fsp3) is 0.857. The number of thioether (sulfide) groups is 1. The molecule has 0 aromatic heterocycles. The van der Waals surface area contributed by atoms with E-state index >= 15 is 0 Å². The van der Waals surface area contributed by atoms with Gasteiger partial charge in [-0.3, -0.25) is 4.79 Å². The molecule has 1 atom stereocenters. The number of rotatable bonds is 4. The van der Waals surface area contributed by atoms with Gasteiger partial charge in [-0.15, -0.1) is 0 Å². The minimum absolute atomic E-state index is 0.273. The van der Waals surface area contributed by atoms with Crippen molar-refractivity contribution in [1.29, 1.82) is 0 Å². The molecular weight excluding hydrogens is 240 g/mol. The second-order valence-corrected chi connectivity index (χ2v) is 6.57. The second kappa shape index (κ2) is 4.28. The summed E-state index contributed by atoms with van der Waals surface area (Å²) < 4.78 is 26.3. The number of nitrogens with zero attached hydrogens (tertiary/aromatic N) is 1. The quantitative estimate of drug-likeness (QED) is 0.695. The Morgan fingerprint density at radius 3 is 2.47 bits per heavy atom. The summed E-state index contributed by atoms with van der Waals surface area (Å²) in [6.45, 7) is 0. The lowest BCUT2D eigenvalue weighted by atomic mass is 10.0. The number of carbonyl (C=O) groups is 1. The Bertz CT molecular complexity index is 346. The largest absolute Gasteiger partial charge is 0.480 e. The average molecular weight is 254 g/mol. The number of nitrogens with one attached hydrogen (secondary N) is 1. The van der Waals surface area contributed by atoms with Crippen molar-refractivity contribution in [3.63, 3.8) is 0 Å². The maximum Gasteiger partial charge on any atom is 0.325 e. The smallest absolute Gasteiger partial charge is 0.325 e. The van der Waals surface area contributed by atoms with E-state index in [-0.39, 0.29) is 5.75 Å². The first-order chi connectivity index (χ1) is 6.80. The molecule has 2 N–H and O–H groups in total. The van der Waals surface area contributed by atoms with Gasteiger partial charge in [-0.05, 0) is 12.2 Å². The highest BCUT2D eigenvalue weighted by Crippen LogP contribution is 2.29. The molecule has 1 fully saturated rings. The molecule has 15 heavy (non-hydrogen) atoms. The first-order valence-electron chi connectivity index (χ1n) is 4.33. The maximum atomic E-state index is 11.5. The van der Waals surface area contributed by atoms with Crippen molar-refractivity contribution in [3.05, 3.63) is 0 Å². The van der Waals surface area contributed by atoms with E-state index in [1.54, 1.807) is 0 Å². The van der Waals surface area contributed by atoms with Crippen LogP contribution in [0.25, 0.3) is 0 Å². The molecule has 1 aliphatic heterocycles. The summed E-state index contributed by atoms with van der Waals surface area (Å²) in [5.41, 5.74) is -1.34. The Morgan fingerprint density at radius 1 is 1.53 bits per heavy atom. The van der Waals surface area contributed by atoms with Crippen LogP contribution >= 0.6 is 11.8 Å². The summed E-state index contributed by atoms with van der Waals surface area (Å²) in [6, 6.07) is 0. The van der Waals surface area contributed by atoms with Crippen LogP contribution in [-0.2, 0) is 15.0 Å². The fourth-order valence-corrected chi connectivity index (χ4v) is 3.55. The lowest BCUT2D eigenvalue weighted by Crippen LogP contribution is -2.57. The van der Waals surface area contributed by atoms with Gasteiger partial charge in [0.15, 0.2) is 0 Å². The fourth-order valence-electron chi connectivity index (χ4n) is 1.20. The minimum atomic E-state index is -3.70. The molecule has 0 aromatic rings. The molecule has 8 heteroatoms. The number of carboxylic acid groups (broad SMARTS) is 1. The zero-order chi connectivity index (χ0) is 11.7.